The van der Waals surface area contributed by atoms with Gasteiger partial charge in [-0.1, -0.05) is 23.7 Å². The van der Waals surface area contributed by atoms with Gasteiger partial charge in [0.15, 0.2) is 0 Å². The Morgan fingerprint density at radius 1 is 1.21 bits per heavy atom. The SMILES string of the molecule is CCOC(=O)N1CCC(C2c3ccc(Cl)cc3CCc3cc(C)cnc32)CC1. The number of nitrogens with zero attached hydrogens (tertiary/aromatic N) is 2. The van der Waals surface area contributed by atoms with Crippen molar-refractivity contribution in [3.05, 3.63) is 63.4 Å². The largest absolute Gasteiger partial charge is 0.450 e. The molecule has 1 saturated heterocycles. The first kappa shape index (κ1) is 19.3. The monoisotopic (exact) mass is 398 g/mol. The van der Waals surface area contributed by atoms with Crippen LogP contribution >= 0.6 is 11.6 Å². The molecule has 1 amide bonds. The Morgan fingerprint density at radius 3 is 2.71 bits per heavy atom. The number of carbonyl (C=O) groups is 1. The summed E-state index contributed by atoms with van der Waals surface area (Å²) < 4.78 is 5.18. The van der Waals surface area contributed by atoms with Gasteiger partial charge in [0.1, 0.15) is 0 Å². The molecule has 0 saturated carbocycles. The molecule has 5 heteroatoms. The molecule has 1 aromatic carbocycles. The summed E-state index contributed by atoms with van der Waals surface area (Å²) in [6.45, 7) is 5.86. The maximum atomic E-state index is 12.1. The summed E-state index contributed by atoms with van der Waals surface area (Å²) in [5.74, 6) is 0.715. The second kappa shape index (κ2) is 8.12. The van der Waals surface area contributed by atoms with Crippen LogP contribution < -0.4 is 0 Å². The van der Waals surface area contributed by atoms with E-state index in [1.165, 1.54) is 27.9 Å². The number of hydrogen-bond acceptors (Lipinski definition) is 3. The number of amides is 1. The van der Waals surface area contributed by atoms with Gasteiger partial charge in [0, 0.05) is 30.2 Å². The van der Waals surface area contributed by atoms with Gasteiger partial charge < -0.3 is 9.64 Å². The molecule has 0 spiro atoms. The molecule has 1 atom stereocenters. The Morgan fingerprint density at radius 2 is 1.96 bits per heavy atom. The third kappa shape index (κ3) is 3.75. The molecule has 0 N–H and O–H groups in total. The number of carbonyl (C=O) groups excluding carboxylic acids is 1. The van der Waals surface area contributed by atoms with Crippen molar-refractivity contribution in [2.45, 2.75) is 45.4 Å². The van der Waals surface area contributed by atoms with Crippen LogP contribution in [0.25, 0.3) is 0 Å². The summed E-state index contributed by atoms with van der Waals surface area (Å²) in [5, 5.41) is 0.796. The van der Waals surface area contributed by atoms with Crippen LogP contribution in [0.15, 0.2) is 30.5 Å². The van der Waals surface area contributed by atoms with Gasteiger partial charge in [-0.2, -0.15) is 0 Å². The van der Waals surface area contributed by atoms with E-state index in [1.807, 2.05) is 24.1 Å². The number of aromatic nitrogens is 1. The molecule has 148 valence electrons. The summed E-state index contributed by atoms with van der Waals surface area (Å²) in [4.78, 5) is 18.8. The maximum absolute atomic E-state index is 12.1. The fourth-order valence-corrected chi connectivity index (χ4v) is 4.93. The fraction of sp³-hybridized carbons (Fsp3) is 0.478. The van der Waals surface area contributed by atoms with Crippen LogP contribution in [0.3, 0.4) is 0 Å². The minimum Gasteiger partial charge on any atom is -0.450 e. The summed E-state index contributed by atoms with van der Waals surface area (Å²) in [7, 11) is 0. The number of piperidine rings is 1. The molecule has 2 heterocycles. The molecule has 1 aliphatic carbocycles. The van der Waals surface area contributed by atoms with E-state index < -0.39 is 0 Å². The van der Waals surface area contributed by atoms with Gasteiger partial charge in [0.2, 0.25) is 0 Å². The van der Waals surface area contributed by atoms with E-state index in [0.717, 1.165) is 43.8 Å². The average Bonchev–Trinajstić information content (AvgIpc) is 2.84. The first-order valence-electron chi connectivity index (χ1n) is 10.2. The molecule has 2 aromatic rings. The number of hydrogen-bond donors (Lipinski definition) is 0. The van der Waals surface area contributed by atoms with Crippen molar-refractivity contribution in [1.29, 1.82) is 0 Å². The highest BCUT2D eigenvalue weighted by molar-refractivity contribution is 6.30. The molecule has 0 radical (unpaired) electrons. The number of pyridine rings is 1. The number of benzene rings is 1. The lowest BCUT2D eigenvalue weighted by Crippen LogP contribution is -2.40. The first-order chi connectivity index (χ1) is 13.6. The van der Waals surface area contributed by atoms with E-state index >= 15 is 0 Å². The van der Waals surface area contributed by atoms with E-state index in [1.54, 1.807) is 0 Å². The van der Waals surface area contributed by atoms with Crippen molar-refractivity contribution >= 4 is 17.7 Å². The van der Waals surface area contributed by atoms with Crippen molar-refractivity contribution < 1.29 is 9.53 Å². The minimum absolute atomic E-state index is 0.192. The Kier molecular flexibility index (Phi) is 5.58. The van der Waals surface area contributed by atoms with E-state index in [4.69, 9.17) is 21.3 Å². The van der Waals surface area contributed by atoms with E-state index in [2.05, 4.69) is 25.1 Å². The number of rotatable bonds is 2. The van der Waals surface area contributed by atoms with E-state index in [0.29, 0.717) is 12.5 Å². The first-order valence-corrected chi connectivity index (χ1v) is 10.6. The van der Waals surface area contributed by atoms with Crippen LogP contribution in [0.5, 0.6) is 0 Å². The second-order valence-electron chi connectivity index (χ2n) is 7.90. The molecule has 4 rings (SSSR count). The normalized spacial score (nSPS) is 19.5. The zero-order valence-corrected chi connectivity index (χ0v) is 17.3. The van der Waals surface area contributed by atoms with E-state index in [9.17, 15) is 4.79 Å². The molecule has 4 nitrogen and oxygen atoms in total. The topological polar surface area (TPSA) is 42.4 Å². The molecule has 1 unspecified atom stereocenters. The third-order valence-corrected chi connectivity index (χ3v) is 6.31. The predicted molar refractivity (Wildman–Crippen MR) is 111 cm³/mol. The van der Waals surface area contributed by atoms with Gasteiger partial charge in [0.25, 0.3) is 0 Å². The zero-order valence-electron chi connectivity index (χ0n) is 16.6. The van der Waals surface area contributed by atoms with Crippen molar-refractivity contribution in [2.24, 2.45) is 5.92 Å². The molecular weight excluding hydrogens is 372 g/mol. The van der Waals surface area contributed by atoms with Crippen LogP contribution in [0.2, 0.25) is 5.02 Å². The quantitative estimate of drug-likeness (QED) is 0.703. The Balaban J connectivity index is 1.67. The number of likely N-dealkylation sites (tertiary alicyclic amines) is 1. The zero-order chi connectivity index (χ0) is 19.7. The van der Waals surface area contributed by atoms with Gasteiger partial charge >= 0.3 is 6.09 Å². The highest BCUT2D eigenvalue weighted by Crippen LogP contribution is 2.42. The van der Waals surface area contributed by atoms with E-state index in [-0.39, 0.29) is 12.0 Å². The molecule has 28 heavy (non-hydrogen) atoms. The molecule has 0 bridgehead atoms. The smallest absolute Gasteiger partial charge is 0.409 e. The van der Waals surface area contributed by atoms with Crippen LogP contribution in [0, 0.1) is 12.8 Å². The molecule has 2 aliphatic rings. The van der Waals surface area contributed by atoms with Crippen LogP contribution in [0.4, 0.5) is 4.79 Å². The maximum Gasteiger partial charge on any atom is 0.409 e. The number of ether oxygens (including phenoxy) is 1. The minimum atomic E-state index is -0.192. The highest BCUT2D eigenvalue weighted by atomic mass is 35.5. The number of fused-ring (bicyclic) bond motifs is 2. The van der Waals surface area contributed by atoms with Gasteiger partial charge in [-0.25, -0.2) is 4.79 Å². The standard InChI is InChI=1S/C23H27ClN2O2/c1-3-28-23(27)26-10-8-16(9-11-26)21-20-7-6-19(24)13-17(20)4-5-18-12-15(2)14-25-22(18)21/h6-7,12-14,16,21H,3-5,8-11H2,1-2H3. The lowest BCUT2D eigenvalue weighted by molar-refractivity contribution is 0.0900. The van der Waals surface area contributed by atoms with Crippen molar-refractivity contribution in [1.82, 2.24) is 9.88 Å². The average molecular weight is 399 g/mol. The van der Waals surface area contributed by atoms with Crippen LogP contribution in [-0.4, -0.2) is 35.7 Å². The second-order valence-corrected chi connectivity index (χ2v) is 8.34. The Bertz CT molecular complexity index is 821. The summed E-state index contributed by atoms with van der Waals surface area (Å²) in [6, 6.07) is 8.60. The fourth-order valence-electron chi connectivity index (χ4n) is 4.74. The number of aryl methyl sites for hydroxylation is 3. The molecule has 1 fully saturated rings. The summed E-state index contributed by atoms with van der Waals surface area (Å²) >= 11 is 6.31. The van der Waals surface area contributed by atoms with Crippen LogP contribution in [0.1, 0.15) is 53.6 Å². The molecule has 1 aromatic heterocycles. The van der Waals surface area contributed by atoms with Gasteiger partial charge in [-0.05, 0) is 79.8 Å². The van der Waals surface area contributed by atoms with Gasteiger partial charge in [-0.15, -0.1) is 0 Å². The number of halogens is 1. The Labute approximate surface area is 171 Å². The molecular formula is C23H27ClN2O2. The van der Waals surface area contributed by atoms with Crippen LogP contribution in [-0.2, 0) is 17.6 Å². The third-order valence-electron chi connectivity index (χ3n) is 6.07. The lowest BCUT2D eigenvalue weighted by atomic mass is 9.76. The highest BCUT2D eigenvalue weighted by Gasteiger charge is 2.35. The summed E-state index contributed by atoms with van der Waals surface area (Å²) in [5.41, 5.74) is 6.46. The lowest BCUT2D eigenvalue weighted by Gasteiger charge is -2.36. The van der Waals surface area contributed by atoms with Crippen molar-refractivity contribution in [3.63, 3.8) is 0 Å². The predicted octanol–water partition coefficient (Wildman–Crippen LogP) is 5.14. The van der Waals surface area contributed by atoms with Crippen molar-refractivity contribution in [2.75, 3.05) is 19.7 Å². The van der Waals surface area contributed by atoms with Gasteiger partial charge in [-0.3, -0.25) is 4.98 Å². The van der Waals surface area contributed by atoms with Gasteiger partial charge in [0.05, 0.1) is 12.3 Å². The summed E-state index contributed by atoms with van der Waals surface area (Å²) in [6.07, 6.45) is 5.70. The van der Waals surface area contributed by atoms with Crippen molar-refractivity contribution in [3.8, 4) is 0 Å². The molecule has 1 aliphatic heterocycles. The Hall–Kier alpha value is -2.07.